The smallest absolute Gasteiger partial charge is 0.306 e. The van der Waals surface area contributed by atoms with Crippen LogP contribution in [0.4, 0.5) is 5.69 Å². The van der Waals surface area contributed by atoms with E-state index in [0.717, 1.165) is 22.3 Å². The van der Waals surface area contributed by atoms with Crippen molar-refractivity contribution >= 4 is 17.6 Å². The number of nitrogens with one attached hydrogen (secondary N) is 1. The molecule has 0 aliphatic carbocycles. The van der Waals surface area contributed by atoms with Gasteiger partial charge in [0, 0.05) is 23.2 Å². The fourth-order valence-electron chi connectivity index (χ4n) is 3.24. The van der Waals surface area contributed by atoms with E-state index in [1.54, 1.807) is 0 Å². The van der Waals surface area contributed by atoms with Gasteiger partial charge < -0.3 is 14.5 Å². The number of carbonyl (C=O) groups excluding carboxylic acids is 2. The highest BCUT2D eigenvalue weighted by atomic mass is 16.5. The molecule has 0 aliphatic heterocycles. The van der Waals surface area contributed by atoms with E-state index < -0.39 is 11.9 Å². The highest BCUT2D eigenvalue weighted by Crippen LogP contribution is 2.27. The Morgan fingerprint density at radius 2 is 1.61 bits per heavy atom. The van der Waals surface area contributed by atoms with Crippen molar-refractivity contribution in [2.24, 2.45) is 0 Å². The molecular weight excluding hydrogens is 418 g/mol. The highest BCUT2D eigenvalue weighted by molar-refractivity contribution is 5.96. The zero-order chi connectivity index (χ0) is 23.0. The Kier molecular flexibility index (Phi) is 6.90. The second kappa shape index (κ2) is 10.4. The zero-order valence-corrected chi connectivity index (χ0v) is 18.2. The minimum atomic E-state index is -0.517. The van der Waals surface area contributed by atoms with Crippen molar-refractivity contribution < 1.29 is 18.7 Å². The zero-order valence-electron chi connectivity index (χ0n) is 18.2. The summed E-state index contributed by atoms with van der Waals surface area (Å²) in [6.07, 6.45) is 0.263. The second-order valence-corrected chi connectivity index (χ2v) is 7.49. The number of anilines is 1. The molecule has 1 N–H and O–H groups in total. The summed E-state index contributed by atoms with van der Waals surface area (Å²) < 4.78 is 10.7. The quantitative estimate of drug-likeness (QED) is 0.394. The predicted octanol–water partition coefficient (Wildman–Crippen LogP) is 4.83. The van der Waals surface area contributed by atoms with Crippen LogP contribution in [-0.4, -0.2) is 28.7 Å². The van der Waals surface area contributed by atoms with Crippen LogP contribution in [0.1, 0.15) is 17.9 Å². The molecule has 0 saturated heterocycles. The Bertz CT molecular complexity index is 1230. The van der Waals surface area contributed by atoms with Crippen molar-refractivity contribution in [2.45, 2.75) is 19.8 Å². The highest BCUT2D eigenvalue weighted by Gasteiger charge is 2.14. The molecule has 4 rings (SSSR count). The van der Waals surface area contributed by atoms with Gasteiger partial charge in [-0.3, -0.25) is 9.59 Å². The molecule has 0 saturated carbocycles. The Morgan fingerprint density at radius 1 is 0.879 bits per heavy atom. The molecule has 1 aromatic heterocycles. The number of nitrogens with zero attached hydrogens (tertiary/aromatic N) is 2. The molecule has 0 radical (unpaired) electrons. The van der Waals surface area contributed by atoms with Gasteiger partial charge in [0.15, 0.2) is 6.61 Å². The van der Waals surface area contributed by atoms with E-state index in [1.807, 2.05) is 85.8 Å². The van der Waals surface area contributed by atoms with Gasteiger partial charge in [-0.25, -0.2) is 0 Å². The SMILES string of the molecule is Cc1ccc(-c2nnc(CCC(=O)OCC(=O)Nc3ccccc3-c3ccccc3)o2)cc1. The van der Waals surface area contributed by atoms with E-state index in [9.17, 15) is 9.59 Å². The number of carbonyl (C=O) groups is 2. The third kappa shape index (κ3) is 5.92. The number of ether oxygens (including phenoxy) is 1. The van der Waals surface area contributed by atoms with E-state index in [0.29, 0.717) is 17.5 Å². The molecule has 7 nitrogen and oxygen atoms in total. The second-order valence-electron chi connectivity index (χ2n) is 7.49. The van der Waals surface area contributed by atoms with Crippen LogP contribution in [0.5, 0.6) is 0 Å². The van der Waals surface area contributed by atoms with Gasteiger partial charge in [0.05, 0.1) is 6.42 Å². The number of aryl methyl sites for hydroxylation is 2. The maximum Gasteiger partial charge on any atom is 0.306 e. The average molecular weight is 441 g/mol. The maximum atomic E-state index is 12.3. The lowest BCUT2D eigenvalue weighted by Gasteiger charge is -2.11. The summed E-state index contributed by atoms with van der Waals surface area (Å²) in [7, 11) is 0. The summed E-state index contributed by atoms with van der Waals surface area (Å²) >= 11 is 0. The third-order valence-corrected chi connectivity index (χ3v) is 4.96. The summed E-state index contributed by atoms with van der Waals surface area (Å²) in [6, 6.07) is 24.9. The minimum absolute atomic E-state index is 0.0312. The molecule has 1 heterocycles. The fraction of sp³-hybridized carbons (Fsp3) is 0.154. The molecule has 4 aromatic rings. The number of para-hydroxylation sites is 1. The largest absolute Gasteiger partial charge is 0.456 e. The monoisotopic (exact) mass is 441 g/mol. The van der Waals surface area contributed by atoms with E-state index in [1.165, 1.54) is 0 Å². The van der Waals surface area contributed by atoms with Crippen LogP contribution in [0.2, 0.25) is 0 Å². The van der Waals surface area contributed by atoms with Crippen LogP contribution < -0.4 is 5.32 Å². The molecule has 7 heteroatoms. The normalized spacial score (nSPS) is 10.6. The summed E-state index contributed by atoms with van der Waals surface area (Å²) in [4.78, 5) is 24.4. The van der Waals surface area contributed by atoms with Crippen molar-refractivity contribution in [3.8, 4) is 22.6 Å². The Hall–Kier alpha value is -4.26. The Balaban J connectivity index is 1.26. The molecule has 1 amide bonds. The van der Waals surface area contributed by atoms with Crippen LogP contribution in [0.25, 0.3) is 22.6 Å². The molecule has 0 bridgehead atoms. The molecule has 33 heavy (non-hydrogen) atoms. The molecular formula is C26H23N3O4. The lowest BCUT2D eigenvalue weighted by atomic mass is 10.0. The summed E-state index contributed by atoms with van der Waals surface area (Å²) in [6.45, 7) is 1.62. The molecule has 3 aromatic carbocycles. The molecule has 0 aliphatic rings. The van der Waals surface area contributed by atoms with Gasteiger partial charge in [-0.1, -0.05) is 66.2 Å². The van der Waals surface area contributed by atoms with Gasteiger partial charge in [-0.15, -0.1) is 10.2 Å². The molecule has 0 fully saturated rings. The predicted molar refractivity (Wildman–Crippen MR) is 124 cm³/mol. The fourth-order valence-corrected chi connectivity index (χ4v) is 3.24. The van der Waals surface area contributed by atoms with E-state index in [2.05, 4.69) is 15.5 Å². The van der Waals surface area contributed by atoms with Crippen LogP contribution in [0, 0.1) is 6.92 Å². The van der Waals surface area contributed by atoms with Crippen molar-refractivity contribution in [2.75, 3.05) is 11.9 Å². The number of amides is 1. The van der Waals surface area contributed by atoms with Gasteiger partial charge in [-0.2, -0.15) is 0 Å². The first-order valence-electron chi connectivity index (χ1n) is 10.6. The van der Waals surface area contributed by atoms with Crippen molar-refractivity contribution in [3.05, 3.63) is 90.3 Å². The van der Waals surface area contributed by atoms with Crippen molar-refractivity contribution in [3.63, 3.8) is 0 Å². The first-order chi connectivity index (χ1) is 16.1. The number of hydrogen-bond donors (Lipinski definition) is 1. The summed E-state index contributed by atoms with van der Waals surface area (Å²) in [5, 5.41) is 10.8. The average Bonchev–Trinajstić information content (AvgIpc) is 3.32. The van der Waals surface area contributed by atoms with Crippen LogP contribution in [0.3, 0.4) is 0 Å². The maximum absolute atomic E-state index is 12.3. The summed E-state index contributed by atoms with van der Waals surface area (Å²) in [5.74, 6) is -0.193. The number of aromatic nitrogens is 2. The van der Waals surface area contributed by atoms with Crippen LogP contribution in [0.15, 0.2) is 83.3 Å². The third-order valence-electron chi connectivity index (χ3n) is 4.96. The van der Waals surface area contributed by atoms with Crippen molar-refractivity contribution in [1.82, 2.24) is 10.2 Å². The van der Waals surface area contributed by atoms with Crippen molar-refractivity contribution in [1.29, 1.82) is 0 Å². The van der Waals surface area contributed by atoms with Gasteiger partial charge in [-0.05, 0) is 30.7 Å². The number of esters is 1. The molecule has 166 valence electrons. The van der Waals surface area contributed by atoms with Gasteiger partial charge in [0.2, 0.25) is 11.8 Å². The first kappa shape index (κ1) is 22.0. The molecule has 0 unspecified atom stereocenters. The van der Waals surface area contributed by atoms with E-state index >= 15 is 0 Å². The lowest BCUT2D eigenvalue weighted by Crippen LogP contribution is -2.21. The van der Waals surface area contributed by atoms with E-state index in [-0.39, 0.29) is 19.4 Å². The van der Waals surface area contributed by atoms with Crippen LogP contribution >= 0.6 is 0 Å². The summed E-state index contributed by atoms with van der Waals surface area (Å²) in [5.41, 5.74) is 4.47. The lowest BCUT2D eigenvalue weighted by molar-refractivity contribution is -0.147. The van der Waals surface area contributed by atoms with Crippen LogP contribution in [-0.2, 0) is 20.7 Å². The number of rotatable bonds is 8. The molecule has 0 spiro atoms. The number of hydrogen-bond acceptors (Lipinski definition) is 6. The van der Waals surface area contributed by atoms with Gasteiger partial charge in [0.1, 0.15) is 0 Å². The molecule has 0 atom stereocenters. The minimum Gasteiger partial charge on any atom is -0.456 e. The van der Waals surface area contributed by atoms with Gasteiger partial charge >= 0.3 is 5.97 Å². The van der Waals surface area contributed by atoms with E-state index in [4.69, 9.17) is 9.15 Å². The van der Waals surface area contributed by atoms with Gasteiger partial charge in [0.25, 0.3) is 5.91 Å². The Labute approximate surface area is 191 Å². The topological polar surface area (TPSA) is 94.3 Å². The standard InChI is InChI=1S/C26H23N3O4/c1-18-11-13-20(14-12-18)26-29-28-24(33-26)15-16-25(31)32-17-23(30)27-22-10-6-5-9-21(22)19-7-3-2-4-8-19/h2-14H,15-17H2,1H3,(H,27,30). The first-order valence-corrected chi connectivity index (χ1v) is 10.6. The Morgan fingerprint density at radius 3 is 2.39 bits per heavy atom. The number of benzene rings is 3.